The van der Waals surface area contributed by atoms with E-state index in [1.54, 1.807) is 6.33 Å². The number of halogens is 2. The number of imidazole rings is 1. The number of hydrogen-bond acceptors (Lipinski definition) is 3. The van der Waals surface area contributed by atoms with Gasteiger partial charge in [-0.05, 0) is 58.1 Å². The van der Waals surface area contributed by atoms with Crippen LogP contribution in [0.1, 0.15) is 13.3 Å². The van der Waals surface area contributed by atoms with Gasteiger partial charge in [0.2, 0.25) is 5.91 Å². The summed E-state index contributed by atoms with van der Waals surface area (Å²) >= 11 is 4.37. The monoisotopic (exact) mass is 448 g/mol. The number of nitrogens with zero attached hydrogens (tertiary/aromatic N) is 2. The predicted molar refractivity (Wildman–Crippen MR) is 78.9 cm³/mol. The number of aromatic nitrogens is 2. The van der Waals surface area contributed by atoms with Gasteiger partial charge in [-0.15, -0.1) is 0 Å². The summed E-state index contributed by atoms with van der Waals surface area (Å²) in [5.41, 5.74) is 5.34. The number of carbonyl (C=O) groups excluding carboxylic acids is 1. The van der Waals surface area contributed by atoms with Crippen LogP contribution in [0.25, 0.3) is 0 Å². The van der Waals surface area contributed by atoms with E-state index in [0.29, 0.717) is 6.54 Å². The summed E-state index contributed by atoms with van der Waals surface area (Å²) in [5, 5.41) is 3.12. The zero-order chi connectivity index (χ0) is 12.1. The fourth-order valence-corrected chi connectivity index (χ4v) is 2.14. The smallest absolute Gasteiger partial charge is 0.236 e. The molecule has 0 saturated carbocycles. The third-order valence-electron chi connectivity index (χ3n) is 2.10. The molecule has 1 amide bonds. The van der Waals surface area contributed by atoms with Gasteiger partial charge in [0.15, 0.2) is 0 Å². The number of amides is 1. The molecule has 0 spiro atoms. The minimum Gasteiger partial charge on any atom is -0.368 e. The molecule has 0 aromatic carbocycles. The van der Waals surface area contributed by atoms with Crippen LogP contribution in [-0.4, -0.2) is 28.0 Å². The Morgan fingerprint density at radius 2 is 2.38 bits per heavy atom. The van der Waals surface area contributed by atoms with Crippen LogP contribution in [0, 0.1) is 7.40 Å². The molecule has 1 unspecified atom stereocenters. The predicted octanol–water partition coefficient (Wildman–Crippen LogP) is 0.946. The number of nitrogens with two attached hydrogens (primary N) is 1. The van der Waals surface area contributed by atoms with Crippen LogP contribution in [0.15, 0.2) is 6.33 Å². The first kappa shape index (κ1) is 14.2. The van der Waals surface area contributed by atoms with Crippen LogP contribution in [0.5, 0.6) is 0 Å². The van der Waals surface area contributed by atoms with Gasteiger partial charge in [-0.1, -0.05) is 6.92 Å². The van der Waals surface area contributed by atoms with Gasteiger partial charge < -0.3 is 15.6 Å². The van der Waals surface area contributed by atoms with E-state index in [1.165, 1.54) is 0 Å². The maximum atomic E-state index is 11.2. The molecule has 1 rings (SSSR count). The van der Waals surface area contributed by atoms with Crippen molar-refractivity contribution in [2.24, 2.45) is 5.73 Å². The molecule has 0 bridgehead atoms. The van der Waals surface area contributed by atoms with Gasteiger partial charge >= 0.3 is 0 Å². The van der Waals surface area contributed by atoms with Crippen LogP contribution < -0.4 is 11.1 Å². The summed E-state index contributed by atoms with van der Waals surface area (Å²) in [6.07, 6.45) is 2.70. The van der Waals surface area contributed by atoms with Gasteiger partial charge in [0.05, 0.1) is 6.33 Å². The molecular weight excluding hydrogens is 434 g/mol. The van der Waals surface area contributed by atoms with Crippen molar-refractivity contribution in [1.29, 1.82) is 0 Å². The molecule has 1 heterocycles. The van der Waals surface area contributed by atoms with Crippen molar-refractivity contribution >= 4 is 51.1 Å². The third kappa shape index (κ3) is 3.84. The first-order valence-corrected chi connectivity index (χ1v) is 7.10. The van der Waals surface area contributed by atoms with Crippen molar-refractivity contribution in [3.8, 4) is 0 Å². The quantitative estimate of drug-likeness (QED) is 0.637. The minimum absolute atomic E-state index is 0.326. The van der Waals surface area contributed by atoms with E-state index >= 15 is 0 Å². The van der Waals surface area contributed by atoms with E-state index < -0.39 is 0 Å². The molecule has 0 radical (unpaired) electrons. The summed E-state index contributed by atoms with van der Waals surface area (Å²) in [4.78, 5) is 15.4. The lowest BCUT2D eigenvalue weighted by atomic mass is 10.2. The number of carbonyl (C=O) groups is 1. The average Bonchev–Trinajstić information content (AvgIpc) is 2.55. The standard InChI is InChI=1S/C9H14I2N4O/c1-2-3-13-6(9(12)16)4-15-5-14-7(10)8(15)11/h5-6,13H,2-4H2,1H3,(H2,12,16). The number of hydrogen-bond donors (Lipinski definition) is 2. The Morgan fingerprint density at radius 1 is 1.69 bits per heavy atom. The molecule has 16 heavy (non-hydrogen) atoms. The normalized spacial score (nSPS) is 12.7. The lowest BCUT2D eigenvalue weighted by Gasteiger charge is -2.15. The van der Waals surface area contributed by atoms with Crippen molar-refractivity contribution < 1.29 is 4.79 Å². The van der Waals surface area contributed by atoms with Crippen molar-refractivity contribution in [2.45, 2.75) is 25.9 Å². The van der Waals surface area contributed by atoms with E-state index in [1.807, 2.05) is 4.57 Å². The van der Waals surface area contributed by atoms with Crippen LogP contribution in [0.4, 0.5) is 0 Å². The Hall–Kier alpha value is 0.1000. The van der Waals surface area contributed by atoms with Gasteiger partial charge in [-0.25, -0.2) is 4.98 Å². The molecule has 1 aromatic heterocycles. The first-order chi connectivity index (χ1) is 7.56. The molecule has 90 valence electrons. The van der Waals surface area contributed by atoms with Crippen LogP contribution >= 0.6 is 45.2 Å². The van der Waals surface area contributed by atoms with Gasteiger partial charge in [-0.3, -0.25) is 4.79 Å². The second-order valence-electron chi connectivity index (χ2n) is 3.39. The van der Waals surface area contributed by atoms with Gasteiger partial charge in [0.1, 0.15) is 13.4 Å². The molecule has 0 aliphatic carbocycles. The topological polar surface area (TPSA) is 72.9 Å². The molecule has 3 N–H and O–H groups in total. The molecular formula is C9H14I2N4O. The van der Waals surface area contributed by atoms with Crippen molar-refractivity contribution in [3.63, 3.8) is 0 Å². The Bertz CT molecular complexity index is 366. The zero-order valence-electron chi connectivity index (χ0n) is 8.91. The van der Waals surface area contributed by atoms with Gasteiger partial charge in [0, 0.05) is 6.54 Å². The zero-order valence-corrected chi connectivity index (χ0v) is 13.2. The van der Waals surface area contributed by atoms with E-state index in [-0.39, 0.29) is 11.9 Å². The fourth-order valence-electron chi connectivity index (χ4n) is 1.24. The second-order valence-corrected chi connectivity index (χ2v) is 5.43. The number of primary amides is 1. The summed E-state index contributed by atoms with van der Waals surface area (Å²) in [7, 11) is 0. The van der Waals surface area contributed by atoms with Crippen molar-refractivity contribution in [3.05, 3.63) is 13.7 Å². The lowest BCUT2D eigenvalue weighted by Crippen LogP contribution is -2.44. The van der Waals surface area contributed by atoms with Crippen LogP contribution in [0.3, 0.4) is 0 Å². The summed E-state index contributed by atoms with van der Waals surface area (Å²) in [6.45, 7) is 3.37. The highest BCUT2D eigenvalue weighted by Gasteiger charge is 2.16. The number of nitrogens with one attached hydrogen (secondary N) is 1. The Kier molecular flexibility index (Phi) is 5.97. The van der Waals surface area contributed by atoms with Crippen LogP contribution in [0.2, 0.25) is 0 Å². The molecule has 0 fully saturated rings. The number of rotatable bonds is 6. The van der Waals surface area contributed by atoms with E-state index in [4.69, 9.17) is 5.73 Å². The molecule has 7 heteroatoms. The SMILES string of the molecule is CCCNC(Cn1cnc(I)c1I)C(N)=O. The van der Waals surface area contributed by atoms with Crippen molar-refractivity contribution in [2.75, 3.05) is 6.54 Å². The van der Waals surface area contributed by atoms with Crippen molar-refractivity contribution in [1.82, 2.24) is 14.9 Å². The van der Waals surface area contributed by atoms with Gasteiger partial charge in [0.25, 0.3) is 0 Å². The third-order valence-corrected chi connectivity index (χ3v) is 5.05. The van der Waals surface area contributed by atoms with E-state index in [0.717, 1.165) is 20.4 Å². The summed E-state index contributed by atoms with van der Waals surface area (Å²) in [6, 6.07) is -0.335. The van der Waals surface area contributed by atoms with Crippen LogP contribution in [-0.2, 0) is 11.3 Å². The Morgan fingerprint density at radius 3 is 2.81 bits per heavy atom. The summed E-state index contributed by atoms with van der Waals surface area (Å²) < 4.78 is 3.90. The maximum absolute atomic E-state index is 11.2. The molecule has 1 atom stereocenters. The molecule has 0 aliphatic rings. The Balaban J connectivity index is 2.68. The molecule has 0 saturated heterocycles. The largest absolute Gasteiger partial charge is 0.368 e. The Labute approximate surface area is 122 Å². The van der Waals surface area contributed by atoms with Gasteiger partial charge in [-0.2, -0.15) is 0 Å². The fraction of sp³-hybridized carbons (Fsp3) is 0.556. The highest BCUT2D eigenvalue weighted by molar-refractivity contribution is 14.1. The maximum Gasteiger partial charge on any atom is 0.236 e. The van der Waals surface area contributed by atoms with E-state index in [2.05, 4.69) is 62.4 Å². The lowest BCUT2D eigenvalue weighted by molar-refractivity contribution is -0.120. The molecule has 0 aliphatic heterocycles. The average molecular weight is 448 g/mol. The second kappa shape index (κ2) is 6.74. The van der Waals surface area contributed by atoms with E-state index in [9.17, 15) is 4.79 Å². The minimum atomic E-state index is -0.335. The molecule has 1 aromatic rings. The highest BCUT2D eigenvalue weighted by Crippen LogP contribution is 2.13. The molecule has 5 nitrogen and oxygen atoms in total. The summed E-state index contributed by atoms with van der Waals surface area (Å²) in [5.74, 6) is -0.326. The first-order valence-electron chi connectivity index (χ1n) is 4.95. The highest BCUT2D eigenvalue weighted by atomic mass is 127.